The molecule has 0 saturated carbocycles. The van der Waals surface area contributed by atoms with Crippen LogP contribution in [0.25, 0.3) is 22.2 Å². The van der Waals surface area contributed by atoms with Crippen LogP contribution in [0.15, 0.2) is 42.7 Å². The molecule has 1 aliphatic rings. The largest absolute Gasteiger partial charge is 0.494 e. The van der Waals surface area contributed by atoms with Gasteiger partial charge in [-0.2, -0.15) is 0 Å². The van der Waals surface area contributed by atoms with Crippen molar-refractivity contribution in [3.05, 3.63) is 42.7 Å². The number of primary amides is 1. The summed E-state index contributed by atoms with van der Waals surface area (Å²) < 4.78 is 15.9. The van der Waals surface area contributed by atoms with Crippen LogP contribution >= 0.6 is 0 Å². The molecular formula is C19H18N6O4. The highest BCUT2D eigenvalue weighted by Gasteiger charge is 2.27. The van der Waals surface area contributed by atoms with Crippen LogP contribution in [0.3, 0.4) is 0 Å². The first-order valence-electron chi connectivity index (χ1n) is 8.68. The van der Waals surface area contributed by atoms with Gasteiger partial charge < -0.3 is 19.9 Å². The second-order valence-electron chi connectivity index (χ2n) is 6.18. The molecule has 10 heteroatoms. The Kier molecular flexibility index (Phi) is 4.59. The quantitative estimate of drug-likeness (QED) is 0.687. The number of nitrogens with two attached hydrogens (primary N) is 1. The minimum atomic E-state index is -0.646. The molecular weight excluding hydrogens is 376 g/mol. The Labute approximate surface area is 166 Å². The van der Waals surface area contributed by atoms with Crippen LogP contribution in [0.1, 0.15) is 6.92 Å². The van der Waals surface area contributed by atoms with Gasteiger partial charge in [-0.15, -0.1) is 0 Å². The van der Waals surface area contributed by atoms with Crippen molar-refractivity contribution in [2.24, 2.45) is 5.73 Å². The molecule has 3 heterocycles. The van der Waals surface area contributed by atoms with Crippen molar-refractivity contribution in [2.45, 2.75) is 13.2 Å². The predicted molar refractivity (Wildman–Crippen MR) is 104 cm³/mol. The summed E-state index contributed by atoms with van der Waals surface area (Å²) in [6.45, 7) is 1.78. The standard InChI is InChI=1S/C19H18N6O4/c1-10-25(9-14(29-10)18(20)26)15-8-21-16-12(4-5-13(27-2)17(16)24-15)11-6-22-19(28-3)23-7-11/h4-10H,1-3H3,(H2,20,26). The van der Waals surface area contributed by atoms with E-state index in [2.05, 4.69) is 19.9 Å². The number of anilines is 1. The van der Waals surface area contributed by atoms with E-state index in [9.17, 15) is 4.79 Å². The van der Waals surface area contributed by atoms with Crippen molar-refractivity contribution in [1.82, 2.24) is 19.9 Å². The number of amides is 1. The lowest BCUT2D eigenvalue weighted by Gasteiger charge is -2.20. The number of methoxy groups -OCH3 is 2. The second kappa shape index (κ2) is 7.23. The van der Waals surface area contributed by atoms with Crippen molar-refractivity contribution >= 4 is 22.8 Å². The first-order valence-corrected chi connectivity index (χ1v) is 8.68. The SMILES string of the molecule is COc1ncc(-c2ccc(OC)c3nc(N4C=C(C(N)=O)OC4C)cnc23)cn1. The molecule has 148 valence electrons. The van der Waals surface area contributed by atoms with Gasteiger partial charge in [0.1, 0.15) is 16.8 Å². The van der Waals surface area contributed by atoms with E-state index >= 15 is 0 Å². The van der Waals surface area contributed by atoms with E-state index in [1.54, 1.807) is 43.6 Å². The molecule has 1 aromatic carbocycles. The molecule has 2 N–H and O–H groups in total. The molecule has 0 aliphatic carbocycles. The fraction of sp³-hybridized carbons (Fsp3) is 0.211. The predicted octanol–water partition coefficient (Wildman–Crippen LogP) is 1.61. The monoisotopic (exact) mass is 394 g/mol. The number of ether oxygens (including phenoxy) is 3. The summed E-state index contributed by atoms with van der Waals surface area (Å²) in [5.74, 6) is 0.463. The van der Waals surface area contributed by atoms with Gasteiger partial charge in [0.05, 0.1) is 26.6 Å². The summed E-state index contributed by atoms with van der Waals surface area (Å²) >= 11 is 0. The number of hydrogen-bond donors (Lipinski definition) is 1. The zero-order valence-corrected chi connectivity index (χ0v) is 16.0. The fourth-order valence-corrected chi connectivity index (χ4v) is 3.02. The molecule has 0 radical (unpaired) electrons. The van der Waals surface area contributed by atoms with Crippen molar-refractivity contribution in [3.8, 4) is 22.9 Å². The number of carbonyl (C=O) groups excluding carboxylic acids is 1. The number of benzene rings is 1. The number of nitrogens with zero attached hydrogens (tertiary/aromatic N) is 5. The van der Waals surface area contributed by atoms with E-state index in [0.717, 1.165) is 11.1 Å². The van der Waals surface area contributed by atoms with Crippen LogP contribution in [0, 0.1) is 0 Å². The maximum atomic E-state index is 11.4. The van der Waals surface area contributed by atoms with Crippen molar-refractivity contribution < 1.29 is 19.0 Å². The Morgan fingerprint density at radius 2 is 1.86 bits per heavy atom. The van der Waals surface area contributed by atoms with Gasteiger partial charge in [-0.05, 0) is 19.1 Å². The molecule has 0 spiro atoms. The van der Waals surface area contributed by atoms with Gasteiger partial charge in [0.2, 0.25) is 5.76 Å². The Bertz CT molecular complexity index is 1120. The van der Waals surface area contributed by atoms with Crippen LogP contribution in [-0.2, 0) is 9.53 Å². The van der Waals surface area contributed by atoms with Gasteiger partial charge in [-0.3, -0.25) is 9.69 Å². The van der Waals surface area contributed by atoms with Crippen LogP contribution in [0.2, 0.25) is 0 Å². The molecule has 0 fully saturated rings. The number of rotatable bonds is 5. The molecule has 2 aromatic heterocycles. The maximum absolute atomic E-state index is 11.4. The van der Waals surface area contributed by atoms with E-state index in [1.165, 1.54) is 13.3 Å². The molecule has 1 atom stereocenters. The van der Waals surface area contributed by atoms with Crippen molar-refractivity contribution in [2.75, 3.05) is 19.1 Å². The van der Waals surface area contributed by atoms with Crippen molar-refractivity contribution in [1.29, 1.82) is 0 Å². The summed E-state index contributed by atoms with van der Waals surface area (Å²) in [4.78, 5) is 30.7. The van der Waals surface area contributed by atoms with Gasteiger partial charge in [-0.25, -0.2) is 19.9 Å². The highest BCUT2D eigenvalue weighted by atomic mass is 16.5. The Morgan fingerprint density at radius 3 is 2.48 bits per heavy atom. The Morgan fingerprint density at radius 1 is 1.10 bits per heavy atom. The molecule has 1 unspecified atom stereocenters. The average molecular weight is 394 g/mol. The molecule has 3 aromatic rings. The minimum Gasteiger partial charge on any atom is -0.494 e. The van der Waals surface area contributed by atoms with Gasteiger partial charge in [0, 0.05) is 23.5 Å². The summed E-state index contributed by atoms with van der Waals surface area (Å²) in [5, 5.41) is 0. The second-order valence-corrected chi connectivity index (χ2v) is 6.18. The summed E-state index contributed by atoms with van der Waals surface area (Å²) in [7, 11) is 3.07. The molecule has 10 nitrogen and oxygen atoms in total. The number of aromatic nitrogens is 4. The number of hydrogen-bond acceptors (Lipinski definition) is 9. The first-order chi connectivity index (χ1) is 14.0. The smallest absolute Gasteiger partial charge is 0.316 e. The molecule has 0 bridgehead atoms. The van der Waals surface area contributed by atoms with E-state index in [0.29, 0.717) is 22.6 Å². The zero-order chi connectivity index (χ0) is 20.5. The van der Waals surface area contributed by atoms with Crippen LogP contribution in [0.4, 0.5) is 5.82 Å². The summed E-state index contributed by atoms with van der Waals surface area (Å²) in [6, 6.07) is 3.95. The van der Waals surface area contributed by atoms with Crippen LogP contribution in [0.5, 0.6) is 11.8 Å². The summed E-state index contributed by atoms with van der Waals surface area (Å²) in [5.41, 5.74) is 8.02. The molecule has 1 amide bonds. The number of fused-ring (bicyclic) bond motifs is 1. The average Bonchev–Trinajstić information content (AvgIpc) is 3.14. The molecule has 1 aliphatic heterocycles. The van der Waals surface area contributed by atoms with Gasteiger partial charge in [-0.1, -0.05) is 0 Å². The highest BCUT2D eigenvalue weighted by Crippen LogP contribution is 2.34. The van der Waals surface area contributed by atoms with Gasteiger partial charge in [0.25, 0.3) is 5.91 Å². The third-order valence-corrected chi connectivity index (χ3v) is 4.44. The van der Waals surface area contributed by atoms with Crippen molar-refractivity contribution in [3.63, 3.8) is 0 Å². The number of carbonyl (C=O) groups is 1. The first kappa shape index (κ1) is 18.4. The van der Waals surface area contributed by atoms with Gasteiger partial charge >= 0.3 is 6.01 Å². The minimum absolute atomic E-state index is 0.0653. The Hall–Kier alpha value is -3.95. The topological polar surface area (TPSA) is 126 Å². The lowest BCUT2D eigenvalue weighted by atomic mass is 10.1. The highest BCUT2D eigenvalue weighted by molar-refractivity contribution is 5.95. The van der Waals surface area contributed by atoms with E-state index in [-0.39, 0.29) is 11.8 Å². The van der Waals surface area contributed by atoms with Crippen LogP contribution < -0.4 is 20.1 Å². The third kappa shape index (κ3) is 3.24. The molecule has 4 rings (SSSR count). The van der Waals surface area contributed by atoms with E-state index in [4.69, 9.17) is 19.9 Å². The molecule has 0 saturated heterocycles. The van der Waals surface area contributed by atoms with E-state index < -0.39 is 12.1 Å². The van der Waals surface area contributed by atoms with E-state index in [1.807, 2.05) is 6.07 Å². The van der Waals surface area contributed by atoms with Crippen LogP contribution in [-0.4, -0.2) is 46.3 Å². The lowest BCUT2D eigenvalue weighted by Crippen LogP contribution is -2.25. The fourth-order valence-electron chi connectivity index (χ4n) is 3.02. The molecule has 29 heavy (non-hydrogen) atoms. The third-order valence-electron chi connectivity index (χ3n) is 4.44. The normalized spacial score (nSPS) is 15.8. The zero-order valence-electron chi connectivity index (χ0n) is 16.0. The lowest BCUT2D eigenvalue weighted by molar-refractivity contribution is -0.118. The summed E-state index contributed by atoms with van der Waals surface area (Å²) in [6.07, 6.45) is 5.96. The van der Waals surface area contributed by atoms with Gasteiger partial charge in [0.15, 0.2) is 12.0 Å². The maximum Gasteiger partial charge on any atom is 0.316 e. The Balaban J connectivity index is 1.83.